The Kier molecular flexibility index (Phi) is 4.40. The molecular weight excluding hydrogens is 410 g/mol. The number of hydrogen-bond acceptors (Lipinski definition) is 4. The van der Waals surface area contributed by atoms with Crippen molar-refractivity contribution in [1.82, 2.24) is 0 Å². The maximum absolute atomic E-state index is 13.2. The molecule has 1 aliphatic heterocycles. The maximum atomic E-state index is 13.2. The summed E-state index contributed by atoms with van der Waals surface area (Å²) in [6.45, 7) is 1.34. The molecule has 0 N–H and O–H groups in total. The number of carbonyl (C=O) groups excluding carboxylic acids is 2. The summed E-state index contributed by atoms with van der Waals surface area (Å²) in [6.07, 6.45) is -0.941. The summed E-state index contributed by atoms with van der Waals surface area (Å²) in [5.74, 6) is -0.584. The lowest BCUT2D eigenvalue weighted by molar-refractivity contribution is -0.160. The van der Waals surface area contributed by atoms with Gasteiger partial charge in [0.15, 0.2) is 0 Å². The van der Waals surface area contributed by atoms with Crippen LogP contribution < -0.4 is 4.90 Å². The monoisotopic (exact) mass is 431 g/mol. The van der Waals surface area contributed by atoms with Gasteiger partial charge in [0.25, 0.3) is 0 Å². The molecule has 2 atom stereocenters. The molecule has 4 heteroatoms. The third-order valence-corrected chi connectivity index (χ3v) is 6.46. The van der Waals surface area contributed by atoms with Gasteiger partial charge in [-0.1, -0.05) is 91.0 Å². The van der Waals surface area contributed by atoms with E-state index in [0.29, 0.717) is 0 Å². The Morgan fingerprint density at radius 2 is 1.36 bits per heavy atom. The lowest BCUT2D eigenvalue weighted by Crippen LogP contribution is -2.61. The number of esters is 1. The van der Waals surface area contributed by atoms with E-state index in [1.165, 1.54) is 6.92 Å². The number of benzene rings is 5. The van der Waals surface area contributed by atoms with Crippen LogP contribution in [0.25, 0.3) is 32.3 Å². The topological polar surface area (TPSA) is 46.6 Å². The molecule has 5 aromatic rings. The first-order chi connectivity index (χ1) is 16.1. The van der Waals surface area contributed by atoms with Crippen molar-refractivity contribution in [2.45, 2.75) is 19.2 Å². The lowest BCUT2D eigenvalue weighted by atomic mass is 9.88. The largest absolute Gasteiger partial charge is 0.434 e. The van der Waals surface area contributed by atoms with E-state index in [-0.39, 0.29) is 5.78 Å². The van der Waals surface area contributed by atoms with Crippen LogP contribution >= 0.6 is 0 Å². The van der Waals surface area contributed by atoms with Gasteiger partial charge in [0.05, 0.1) is 0 Å². The molecule has 160 valence electrons. The molecule has 0 saturated carbocycles. The van der Waals surface area contributed by atoms with Gasteiger partial charge >= 0.3 is 5.97 Å². The van der Waals surface area contributed by atoms with Gasteiger partial charge in [-0.05, 0) is 38.6 Å². The van der Waals surface area contributed by atoms with Crippen LogP contribution in [-0.4, -0.2) is 18.0 Å². The molecule has 4 nitrogen and oxygen atoms in total. The molecule has 0 radical (unpaired) electrons. The number of fused-ring (bicyclic) bond motifs is 5. The van der Waals surface area contributed by atoms with Gasteiger partial charge in [-0.15, -0.1) is 0 Å². The number of rotatable bonds is 3. The third kappa shape index (κ3) is 2.99. The van der Waals surface area contributed by atoms with E-state index in [2.05, 4.69) is 42.5 Å². The number of ketones is 1. The van der Waals surface area contributed by atoms with E-state index in [1.807, 2.05) is 59.5 Å². The SMILES string of the molecule is CC(=O)O[C@H]1C(=O)[C@@H](c2ccccc2)N1c1cc2c3ccccc3ccc2c2ccccc12. The van der Waals surface area contributed by atoms with Crippen LogP contribution in [0.4, 0.5) is 5.69 Å². The van der Waals surface area contributed by atoms with Crippen LogP contribution in [0, 0.1) is 0 Å². The van der Waals surface area contributed by atoms with E-state index in [9.17, 15) is 9.59 Å². The Hall–Kier alpha value is -4.18. The van der Waals surface area contributed by atoms with E-state index in [0.717, 1.165) is 43.6 Å². The first-order valence-corrected chi connectivity index (χ1v) is 11.0. The summed E-state index contributed by atoms with van der Waals surface area (Å²) in [5, 5.41) is 6.68. The standard InChI is InChI=1S/C29H21NO3/c1-18(31)33-29-28(32)27(20-10-3-2-4-11-20)30(29)26-17-25-21-12-6-5-9-19(21)15-16-23(25)22-13-7-8-14-24(22)26/h2-17,27,29H,1H3/t27-,29+/m1/s1. The van der Waals surface area contributed by atoms with Crippen molar-refractivity contribution < 1.29 is 14.3 Å². The number of anilines is 1. The Morgan fingerprint density at radius 3 is 2.12 bits per heavy atom. The molecule has 0 unspecified atom stereocenters. The second kappa shape index (κ2) is 7.45. The minimum atomic E-state index is -0.941. The fourth-order valence-electron chi connectivity index (χ4n) is 5.02. The van der Waals surface area contributed by atoms with E-state index in [1.54, 1.807) is 0 Å². The van der Waals surface area contributed by atoms with Crippen molar-refractivity contribution >= 4 is 49.8 Å². The predicted molar refractivity (Wildman–Crippen MR) is 131 cm³/mol. The van der Waals surface area contributed by atoms with E-state index < -0.39 is 18.2 Å². The van der Waals surface area contributed by atoms with Crippen molar-refractivity contribution in [2.24, 2.45) is 0 Å². The second-order valence-corrected chi connectivity index (χ2v) is 8.41. The van der Waals surface area contributed by atoms with Crippen LogP contribution in [0.2, 0.25) is 0 Å². The minimum Gasteiger partial charge on any atom is -0.434 e. The summed E-state index contributed by atoms with van der Waals surface area (Å²) >= 11 is 0. The van der Waals surface area contributed by atoms with Gasteiger partial charge in [-0.2, -0.15) is 0 Å². The number of carbonyl (C=O) groups is 2. The van der Waals surface area contributed by atoms with E-state index >= 15 is 0 Å². The van der Waals surface area contributed by atoms with Crippen molar-refractivity contribution in [3.05, 3.63) is 103 Å². The molecule has 33 heavy (non-hydrogen) atoms. The summed E-state index contributed by atoms with van der Waals surface area (Å²) in [4.78, 5) is 27.0. The molecule has 0 aromatic heterocycles. The lowest BCUT2D eigenvalue weighted by Gasteiger charge is -2.47. The minimum absolute atomic E-state index is 0.113. The Balaban J connectivity index is 1.65. The average Bonchev–Trinajstić information content (AvgIpc) is 2.85. The first kappa shape index (κ1) is 19.5. The summed E-state index contributed by atoms with van der Waals surface area (Å²) in [7, 11) is 0. The molecule has 1 aliphatic rings. The highest BCUT2D eigenvalue weighted by atomic mass is 16.6. The smallest absolute Gasteiger partial charge is 0.304 e. The molecule has 0 bridgehead atoms. The normalized spacial score (nSPS) is 18.0. The molecule has 1 fully saturated rings. The zero-order valence-electron chi connectivity index (χ0n) is 18.1. The number of nitrogens with zero attached hydrogens (tertiary/aromatic N) is 1. The van der Waals surface area contributed by atoms with Gasteiger partial charge in [-0.25, -0.2) is 0 Å². The highest BCUT2D eigenvalue weighted by molar-refractivity contribution is 6.21. The van der Waals surface area contributed by atoms with Gasteiger partial charge in [-0.3, -0.25) is 9.59 Å². The fourth-order valence-corrected chi connectivity index (χ4v) is 5.02. The molecule has 1 heterocycles. The second-order valence-electron chi connectivity index (χ2n) is 8.41. The molecule has 0 spiro atoms. The summed E-state index contributed by atoms with van der Waals surface area (Å²) < 4.78 is 5.50. The predicted octanol–water partition coefficient (Wildman–Crippen LogP) is 6.17. The van der Waals surface area contributed by atoms with Gasteiger partial charge < -0.3 is 9.64 Å². The van der Waals surface area contributed by atoms with Crippen LogP contribution in [0.3, 0.4) is 0 Å². The molecule has 5 aromatic carbocycles. The zero-order valence-corrected chi connectivity index (χ0v) is 18.1. The maximum Gasteiger partial charge on any atom is 0.304 e. The number of hydrogen-bond donors (Lipinski definition) is 0. The van der Waals surface area contributed by atoms with Crippen LogP contribution in [0.5, 0.6) is 0 Å². The number of ether oxygens (including phenoxy) is 1. The van der Waals surface area contributed by atoms with Crippen molar-refractivity contribution in [3.8, 4) is 0 Å². The van der Waals surface area contributed by atoms with Gasteiger partial charge in [0.1, 0.15) is 6.04 Å². The van der Waals surface area contributed by atoms with Crippen LogP contribution in [0.1, 0.15) is 18.5 Å². The van der Waals surface area contributed by atoms with Crippen molar-refractivity contribution in [1.29, 1.82) is 0 Å². The third-order valence-electron chi connectivity index (χ3n) is 6.46. The molecule has 0 aliphatic carbocycles. The van der Waals surface area contributed by atoms with Crippen molar-refractivity contribution in [2.75, 3.05) is 4.90 Å². The summed E-state index contributed by atoms with van der Waals surface area (Å²) in [5.41, 5.74) is 1.77. The van der Waals surface area contributed by atoms with E-state index in [4.69, 9.17) is 4.74 Å². The quantitative estimate of drug-likeness (QED) is 0.253. The number of Topliss-reactive ketones (excluding diaryl/α,β-unsaturated/α-hetero) is 1. The Bertz CT molecular complexity index is 1560. The molecule has 6 rings (SSSR count). The van der Waals surface area contributed by atoms with Gasteiger partial charge in [0, 0.05) is 18.0 Å². The highest BCUT2D eigenvalue weighted by Crippen LogP contribution is 2.46. The van der Waals surface area contributed by atoms with Crippen LogP contribution in [-0.2, 0) is 14.3 Å². The molecule has 0 amide bonds. The Labute approximate surface area is 191 Å². The van der Waals surface area contributed by atoms with Crippen LogP contribution in [0.15, 0.2) is 97.1 Å². The zero-order chi connectivity index (χ0) is 22.5. The fraction of sp³-hybridized carbons (Fsp3) is 0.103. The molecule has 1 saturated heterocycles. The highest BCUT2D eigenvalue weighted by Gasteiger charge is 2.51. The first-order valence-electron chi connectivity index (χ1n) is 11.0. The summed E-state index contributed by atoms with van der Waals surface area (Å²) in [6, 6.07) is 32.1. The average molecular weight is 431 g/mol. The Morgan fingerprint density at radius 1 is 0.727 bits per heavy atom. The van der Waals surface area contributed by atoms with Gasteiger partial charge in [0.2, 0.25) is 12.0 Å². The van der Waals surface area contributed by atoms with Crippen molar-refractivity contribution in [3.63, 3.8) is 0 Å². The molecular formula is C29H21NO3.